The van der Waals surface area contributed by atoms with Crippen LogP contribution in [0.1, 0.15) is 120 Å². The van der Waals surface area contributed by atoms with Crippen LogP contribution < -0.4 is 0 Å². The lowest BCUT2D eigenvalue weighted by Crippen LogP contribution is -2.63. The van der Waals surface area contributed by atoms with E-state index in [1.807, 2.05) is 20.8 Å². The zero-order chi connectivity index (χ0) is 38.0. The molecule has 0 aromatic heterocycles. The number of fused-ring (bicyclic) bond motifs is 6. The highest BCUT2D eigenvalue weighted by Gasteiger charge is 2.70. The van der Waals surface area contributed by atoms with Crippen molar-refractivity contribution in [2.45, 2.75) is 168 Å². The minimum Gasteiger partial charge on any atom is -0.463 e. The minimum absolute atomic E-state index is 0.0223. The fraction of sp³-hybridized carbons (Fsp3) is 0.841. The number of hydrogen-bond donors (Lipinski definition) is 0. The predicted octanol–water partition coefficient (Wildman–Crippen LogP) is 7.78. The summed E-state index contributed by atoms with van der Waals surface area (Å²) >= 11 is 0. The molecule has 0 radical (unpaired) electrons. The molecule has 0 amide bonds. The van der Waals surface area contributed by atoms with Gasteiger partial charge in [0.2, 0.25) is 0 Å². The van der Waals surface area contributed by atoms with Crippen LogP contribution in [0.2, 0.25) is 0 Å². The third kappa shape index (κ3) is 7.17. The van der Waals surface area contributed by atoms with Crippen molar-refractivity contribution >= 4 is 18.0 Å². The number of carbonyl (C=O) groups is 3. The van der Waals surface area contributed by atoms with Gasteiger partial charge >= 0.3 is 5.97 Å². The summed E-state index contributed by atoms with van der Waals surface area (Å²) in [6.45, 7) is 17.1. The van der Waals surface area contributed by atoms with Crippen molar-refractivity contribution in [3.05, 3.63) is 23.3 Å². The Morgan fingerprint density at radius 1 is 0.962 bits per heavy atom. The highest BCUT2D eigenvalue weighted by molar-refractivity contribution is 5.99. The van der Waals surface area contributed by atoms with Crippen LogP contribution in [-0.4, -0.2) is 73.3 Å². The minimum atomic E-state index is -0.851. The Morgan fingerprint density at radius 2 is 1.74 bits per heavy atom. The van der Waals surface area contributed by atoms with E-state index < -0.39 is 11.9 Å². The van der Waals surface area contributed by atoms with Gasteiger partial charge in [-0.05, 0) is 120 Å². The van der Waals surface area contributed by atoms with E-state index in [9.17, 15) is 14.4 Å². The van der Waals surface area contributed by atoms with Crippen LogP contribution in [0.25, 0.3) is 0 Å². The highest BCUT2D eigenvalue weighted by atomic mass is 16.7. The van der Waals surface area contributed by atoms with Gasteiger partial charge in [-0.15, -0.1) is 0 Å². The number of ketones is 1. The lowest BCUT2D eigenvalue weighted by Gasteiger charge is -2.51. The molecule has 2 saturated carbocycles. The first kappa shape index (κ1) is 39.3. The molecule has 5 fully saturated rings. The number of allylic oxidation sites excluding steroid dienone is 4. The lowest BCUT2D eigenvalue weighted by atomic mass is 9.67. The van der Waals surface area contributed by atoms with Crippen molar-refractivity contribution in [2.24, 2.45) is 59.2 Å². The van der Waals surface area contributed by atoms with Crippen LogP contribution in [0.5, 0.6) is 0 Å². The molecule has 3 aliphatic heterocycles. The normalized spacial score (nSPS) is 48.6. The van der Waals surface area contributed by atoms with Gasteiger partial charge in [-0.25, -0.2) is 0 Å². The molecular formula is C44H66O9. The van der Waals surface area contributed by atoms with Gasteiger partial charge in [-0.3, -0.25) is 9.59 Å². The summed E-state index contributed by atoms with van der Waals surface area (Å²) in [6.07, 6.45) is 12.3. The Balaban J connectivity index is 1.10. The molecule has 17 atom stereocenters. The number of carbonyl (C=O) groups excluding carboxylic acids is 3. The van der Waals surface area contributed by atoms with Crippen molar-refractivity contribution in [1.29, 1.82) is 0 Å². The van der Waals surface area contributed by atoms with Crippen LogP contribution >= 0.6 is 0 Å². The molecule has 9 heteroatoms. The highest BCUT2D eigenvalue weighted by Crippen LogP contribution is 2.60. The van der Waals surface area contributed by atoms with Crippen molar-refractivity contribution < 1.29 is 42.8 Å². The van der Waals surface area contributed by atoms with Crippen LogP contribution in [0.4, 0.5) is 0 Å². The Kier molecular flexibility index (Phi) is 11.3. The van der Waals surface area contributed by atoms with E-state index in [2.05, 4.69) is 46.8 Å². The van der Waals surface area contributed by atoms with Gasteiger partial charge in [0.05, 0.1) is 42.4 Å². The lowest BCUT2D eigenvalue weighted by molar-refractivity contribution is -0.349. The first-order valence-corrected chi connectivity index (χ1v) is 21.0. The molecule has 9 nitrogen and oxygen atoms in total. The fourth-order valence-electron chi connectivity index (χ4n) is 12.4. The van der Waals surface area contributed by atoms with E-state index in [1.165, 1.54) is 5.57 Å². The number of ether oxygens (including phenoxy) is 6. The number of hydrogen-bond acceptors (Lipinski definition) is 9. The van der Waals surface area contributed by atoms with Gasteiger partial charge in [0, 0.05) is 24.9 Å². The monoisotopic (exact) mass is 738 g/mol. The van der Waals surface area contributed by atoms with Crippen molar-refractivity contribution in [2.75, 3.05) is 7.11 Å². The quantitative estimate of drug-likeness (QED) is 0.140. The van der Waals surface area contributed by atoms with Gasteiger partial charge in [0.25, 0.3) is 0 Å². The third-order valence-corrected chi connectivity index (χ3v) is 14.8. The maximum Gasteiger partial charge on any atom is 0.306 e. The molecular weight excluding hydrogens is 672 g/mol. The van der Waals surface area contributed by atoms with Gasteiger partial charge in [0.1, 0.15) is 5.60 Å². The molecule has 296 valence electrons. The van der Waals surface area contributed by atoms with E-state index in [4.69, 9.17) is 28.4 Å². The second kappa shape index (κ2) is 15.2. The van der Waals surface area contributed by atoms with Crippen LogP contribution in [-0.2, 0) is 42.8 Å². The van der Waals surface area contributed by atoms with Gasteiger partial charge in [-0.1, -0.05) is 52.3 Å². The first-order valence-electron chi connectivity index (χ1n) is 21.0. The molecule has 3 saturated heterocycles. The number of methoxy groups -OCH3 is 1. The number of cyclic esters (lactones) is 1. The topological polar surface area (TPSA) is 107 Å². The number of aldehydes is 1. The number of rotatable bonds is 8. The summed E-state index contributed by atoms with van der Waals surface area (Å²) in [6, 6.07) is 0. The average Bonchev–Trinajstić information content (AvgIpc) is 3.70. The smallest absolute Gasteiger partial charge is 0.306 e. The second-order valence-electron chi connectivity index (χ2n) is 18.9. The van der Waals surface area contributed by atoms with Gasteiger partial charge in [0.15, 0.2) is 24.6 Å². The summed E-state index contributed by atoms with van der Waals surface area (Å²) in [4.78, 5) is 40.6. The third-order valence-electron chi connectivity index (χ3n) is 14.8. The molecule has 0 N–H and O–H groups in total. The van der Waals surface area contributed by atoms with Crippen LogP contribution in [0.15, 0.2) is 23.3 Å². The largest absolute Gasteiger partial charge is 0.463 e. The predicted molar refractivity (Wildman–Crippen MR) is 199 cm³/mol. The van der Waals surface area contributed by atoms with Crippen molar-refractivity contribution in [3.8, 4) is 0 Å². The fourth-order valence-corrected chi connectivity index (χ4v) is 12.4. The average molecular weight is 739 g/mol. The maximum absolute atomic E-state index is 14.7. The van der Waals surface area contributed by atoms with E-state index in [0.29, 0.717) is 18.3 Å². The van der Waals surface area contributed by atoms with E-state index in [1.54, 1.807) is 7.11 Å². The SMILES string of the molecule is COC1C(C)C2C(OC3CC4C(C)=CC5C6CC(=O)OC(C)CCCC(OC7CCCC(C)(CC(C)C)O7)C(C)C(=O)C6=CC5C4C3)OC2(C=O)C1C. The summed E-state index contributed by atoms with van der Waals surface area (Å²) < 4.78 is 38.3. The van der Waals surface area contributed by atoms with Crippen molar-refractivity contribution in [1.82, 2.24) is 0 Å². The summed E-state index contributed by atoms with van der Waals surface area (Å²) in [5.41, 5.74) is 1.01. The molecule has 0 spiro atoms. The summed E-state index contributed by atoms with van der Waals surface area (Å²) in [7, 11) is 1.71. The zero-order valence-electron chi connectivity index (χ0n) is 33.7. The number of esters is 1. The maximum atomic E-state index is 14.7. The number of Topliss-reactive ketones (excluding diaryl/α,β-unsaturated/α-hetero) is 1. The van der Waals surface area contributed by atoms with Gasteiger partial charge < -0.3 is 33.2 Å². The van der Waals surface area contributed by atoms with Crippen LogP contribution in [0.3, 0.4) is 0 Å². The summed E-state index contributed by atoms with van der Waals surface area (Å²) in [5, 5.41) is 0. The molecule has 7 aliphatic rings. The molecule has 0 aromatic carbocycles. The van der Waals surface area contributed by atoms with Crippen molar-refractivity contribution in [3.63, 3.8) is 0 Å². The molecule has 0 aromatic rings. The second-order valence-corrected chi connectivity index (χ2v) is 18.9. The first-order chi connectivity index (χ1) is 25.2. The van der Waals surface area contributed by atoms with E-state index in [0.717, 1.165) is 63.2 Å². The Labute approximate surface area is 317 Å². The van der Waals surface area contributed by atoms with E-state index in [-0.39, 0.29) is 102 Å². The molecule has 4 aliphatic carbocycles. The van der Waals surface area contributed by atoms with Crippen LogP contribution in [0, 0.1) is 59.2 Å². The van der Waals surface area contributed by atoms with Gasteiger partial charge in [-0.2, -0.15) is 0 Å². The summed E-state index contributed by atoms with van der Waals surface area (Å²) in [5.74, 6) is 0.639. The Hall–Kier alpha value is -1.91. The molecule has 7 rings (SSSR count). The molecule has 17 unspecified atom stereocenters. The standard InChI is InChI=1S/C44H66O9/c1-23(2)21-43(8)15-11-14-38(52-43)51-36-13-10-12-25(4)49-37(46)20-34-31-16-24(3)30-17-29(18-32(30)33(31)19-35(34)40(47)26(36)5)50-42-39-27(6)41(48-9)28(7)44(39,22-45)53-42/h16,19,22-23,25-34,36,38-39,41-42H,10-15,17-18,20-21H2,1-9H3. The molecule has 0 bridgehead atoms. The Bertz CT molecular complexity index is 1450. The Morgan fingerprint density at radius 3 is 2.45 bits per heavy atom. The zero-order valence-corrected chi connectivity index (χ0v) is 33.7. The molecule has 3 heterocycles. The molecule has 53 heavy (non-hydrogen) atoms. The van der Waals surface area contributed by atoms with E-state index >= 15 is 0 Å².